The fourth-order valence-corrected chi connectivity index (χ4v) is 3.94. The molecule has 3 rings (SSSR count). The van der Waals surface area contributed by atoms with Crippen molar-refractivity contribution in [3.05, 3.63) is 47.8 Å². The number of carbonyl (C=O) groups is 2. The van der Waals surface area contributed by atoms with Gasteiger partial charge in [0.25, 0.3) is 0 Å². The molecule has 0 saturated heterocycles. The minimum atomic E-state index is -0.251. The summed E-state index contributed by atoms with van der Waals surface area (Å²) in [5.74, 6) is 1.49. The summed E-state index contributed by atoms with van der Waals surface area (Å²) in [7, 11) is 4.74. The molecule has 0 aliphatic rings. The monoisotopic (exact) mass is 484 g/mol. The lowest BCUT2D eigenvalue weighted by atomic mass is 10.1. The van der Waals surface area contributed by atoms with Gasteiger partial charge in [-0.05, 0) is 30.8 Å². The van der Waals surface area contributed by atoms with Crippen LogP contribution in [0.25, 0.3) is 11.3 Å². The SMILES string of the molecule is CCN(CC(=O)Nc1cccc(OC)c1)CC(=O)Nc1nc(-c2ccc(OC)cc2OC)cs1. The van der Waals surface area contributed by atoms with Crippen LogP contribution in [0.4, 0.5) is 10.8 Å². The van der Waals surface area contributed by atoms with Crippen LogP contribution in [-0.4, -0.2) is 62.7 Å². The second kappa shape index (κ2) is 12.0. The molecule has 0 saturated carbocycles. The van der Waals surface area contributed by atoms with E-state index in [0.29, 0.717) is 40.3 Å². The minimum absolute atomic E-state index is 0.0583. The normalized spacial score (nSPS) is 10.6. The molecule has 2 N–H and O–H groups in total. The molecule has 0 atom stereocenters. The fraction of sp³-hybridized carbons (Fsp3) is 0.292. The summed E-state index contributed by atoms with van der Waals surface area (Å²) in [6.45, 7) is 2.56. The van der Waals surface area contributed by atoms with Crippen LogP contribution in [0.15, 0.2) is 47.8 Å². The molecular weight excluding hydrogens is 456 g/mol. The van der Waals surface area contributed by atoms with Gasteiger partial charge in [-0.3, -0.25) is 14.5 Å². The van der Waals surface area contributed by atoms with Crippen LogP contribution in [0.1, 0.15) is 6.92 Å². The van der Waals surface area contributed by atoms with E-state index in [-0.39, 0.29) is 24.9 Å². The molecule has 0 bridgehead atoms. The van der Waals surface area contributed by atoms with Gasteiger partial charge in [0.1, 0.15) is 17.2 Å². The van der Waals surface area contributed by atoms with Gasteiger partial charge in [0, 0.05) is 28.8 Å². The van der Waals surface area contributed by atoms with Crippen LogP contribution in [0.2, 0.25) is 0 Å². The standard InChI is InChI=1S/C24H28N4O5S/c1-5-28(13-22(29)25-16-7-6-8-17(11-16)31-2)14-23(30)27-24-26-20(15-34-24)19-10-9-18(32-3)12-21(19)33-4/h6-12,15H,5,13-14H2,1-4H3,(H,25,29)(H,26,27,30). The fourth-order valence-electron chi connectivity index (χ4n) is 3.21. The third kappa shape index (κ3) is 6.69. The van der Waals surface area contributed by atoms with Crippen molar-refractivity contribution in [3.63, 3.8) is 0 Å². The van der Waals surface area contributed by atoms with Crippen LogP contribution < -0.4 is 24.8 Å². The first-order valence-electron chi connectivity index (χ1n) is 10.6. The molecule has 0 radical (unpaired) electrons. The van der Waals surface area contributed by atoms with Crippen LogP contribution in [0.3, 0.4) is 0 Å². The molecule has 0 fully saturated rings. The van der Waals surface area contributed by atoms with Gasteiger partial charge in [0.15, 0.2) is 5.13 Å². The lowest BCUT2D eigenvalue weighted by Crippen LogP contribution is -2.38. The summed E-state index contributed by atoms with van der Waals surface area (Å²) in [6, 6.07) is 12.6. The molecule has 2 aromatic carbocycles. The van der Waals surface area contributed by atoms with E-state index in [1.807, 2.05) is 24.4 Å². The summed E-state index contributed by atoms with van der Waals surface area (Å²) in [5.41, 5.74) is 2.11. The van der Waals surface area contributed by atoms with Crippen molar-refractivity contribution < 1.29 is 23.8 Å². The Hall–Kier alpha value is -3.63. The number of rotatable bonds is 11. The van der Waals surface area contributed by atoms with E-state index in [0.717, 1.165) is 5.56 Å². The zero-order valence-electron chi connectivity index (χ0n) is 19.6. The Kier molecular flexibility index (Phi) is 8.83. The Bertz CT molecular complexity index is 1130. The maximum Gasteiger partial charge on any atom is 0.240 e. The number of anilines is 2. The summed E-state index contributed by atoms with van der Waals surface area (Å²) in [6.07, 6.45) is 0. The van der Waals surface area contributed by atoms with Crippen LogP contribution in [0.5, 0.6) is 17.2 Å². The maximum atomic E-state index is 12.6. The number of ether oxygens (including phenoxy) is 3. The molecule has 2 amide bonds. The highest BCUT2D eigenvalue weighted by Gasteiger charge is 2.16. The van der Waals surface area contributed by atoms with Crippen LogP contribution in [-0.2, 0) is 9.59 Å². The van der Waals surface area contributed by atoms with E-state index in [2.05, 4.69) is 15.6 Å². The number of methoxy groups -OCH3 is 3. The van der Waals surface area contributed by atoms with Crippen LogP contribution in [0, 0.1) is 0 Å². The zero-order chi connectivity index (χ0) is 24.5. The number of thiazole rings is 1. The van der Waals surface area contributed by atoms with Crippen molar-refractivity contribution in [1.82, 2.24) is 9.88 Å². The smallest absolute Gasteiger partial charge is 0.240 e. The molecule has 1 heterocycles. The first kappa shape index (κ1) is 25.0. The lowest BCUT2D eigenvalue weighted by Gasteiger charge is -2.19. The third-order valence-corrected chi connectivity index (χ3v) is 5.73. The van der Waals surface area contributed by atoms with Gasteiger partial charge >= 0.3 is 0 Å². The topological polar surface area (TPSA) is 102 Å². The number of nitrogens with zero attached hydrogens (tertiary/aromatic N) is 2. The second-order valence-electron chi connectivity index (χ2n) is 7.24. The van der Waals surface area contributed by atoms with E-state index in [1.165, 1.54) is 11.3 Å². The van der Waals surface area contributed by atoms with E-state index in [9.17, 15) is 9.59 Å². The summed E-state index contributed by atoms with van der Waals surface area (Å²) < 4.78 is 15.8. The number of likely N-dealkylation sites (N-methyl/N-ethyl adjacent to an activating group) is 1. The molecular formula is C24H28N4O5S. The van der Waals surface area contributed by atoms with Crippen molar-refractivity contribution in [3.8, 4) is 28.5 Å². The van der Waals surface area contributed by atoms with E-state index < -0.39 is 0 Å². The molecule has 0 unspecified atom stereocenters. The number of nitrogens with one attached hydrogen (secondary N) is 2. The number of hydrogen-bond donors (Lipinski definition) is 2. The first-order valence-corrected chi connectivity index (χ1v) is 11.5. The highest BCUT2D eigenvalue weighted by molar-refractivity contribution is 7.14. The Morgan fingerprint density at radius 3 is 2.32 bits per heavy atom. The average molecular weight is 485 g/mol. The molecule has 0 aliphatic heterocycles. The number of amides is 2. The molecule has 34 heavy (non-hydrogen) atoms. The van der Waals surface area contributed by atoms with Gasteiger partial charge in [-0.1, -0.05) is 13.0 Å². The van der Waals surface area contributed by atoms with E-state index in [1.54, 1.807) is 56.6 Å². The predicted octanol–water partition coefficient (Wildman–Crippen LogP) is 3.74. The molecule has 180 valence electrons. The van der Waals surface area contributed by atoms with E-state index >= 15 is 0 Å². The van der Waals surface area contributed by atoms with Crippen molar-refractivity contribution in [2.75, 3.05) is 51.6 Å². The Morgan fingerprint density at radius 1 is 0.941 bits per heavy atom. The third-order valence-electron chi connectivity index (χ3n) is 4.97. The van der Waals surface area contributed by atoms with E-state index in [4.69, 9.17) is 14.2 Å². The lowest BCUT2D eigenvalue weighted by molar-refractivity contribution is -0.119. The van der Waals surface area contributed by atoms with Gasteiger partial charge in [-0.2, -0.15) is 0 Å². The van der Waals surface area contributed by atoms with Crippen molar-refractivity contribution in [1.29, 1.82) is 0 Å². The molecule has 0 spiro atoms. The number of benzene rings is 2. The quantitative estimate of drug-likeness (QED) is 0.428. The molecule has 10 heteroatoms. The second-order valence-corrected chi connectivity index (χ2v) is 8.09. The largest absolute Gasteiger partial charge is 0.497 e. The maximum absolute atomic E-state index is 12.6. The predicted molar refractivity (Wildman–Crippen MR) is 133 cm³/mol. The number of aromatic nitrogens is 1. The summed E-state index contributed by atoms with van der Waals surface area (Å²) in [4.78, 5) is 31.3. The van der Waals surface area contributed by atoms with Gasteiger partial charge in [0.05, 0.1) is 40.1 Å². The van der Waals surface area contributed by atoms with Crippen molar-refractivity contribution in [2.24, 2.45) is 0 Å². The Labute approximate surface area is 202 Å². The minimum Gasteiger partial charge on any atom is -0.497 e. The zero-order valence-corrected chi connectivity index (χ0v) is 20.4. The highest BCUT2D eigenvalue weighted by atomic mass is 32.1. The number of hydrogen-bond acceptors (Lipinski definition) is 8. The van der Waals surface area contributed by atoms with Gasteiger partial charge in [0.2, 0.25) is 11.8 Å². The van der Waals surface area contributed by atoms with Crippen LogP contribution >= 0.6 is 11.3 Å². The highest BCUT2D eigenvalue weighted by Crippen LogP contribution is 2.34. The summed E-state index contributed by atoms with van der Waals surface area (Å²) >= 11 is 1.32. The van der Waals surface area contributed by atoms with Crippen molar-refractivity contribution >= 4 is 34.0 Å². The van der Waals surface area contributed by atoms with Gasteiger partial charge in [-0.25, -0.2) is 4.98 Å². The van der Waals surface area contributed by atoms with Gasteiger partial charge < -0.3 is 24.8 Å². The summed E-state index contributed by atoms with van der Waals surface area (Å²) in [5, 5.41) is 7.94. The Balaban J connectivity index is 1.57. The molecule has 3 aromatic rings. The molecule has 9 nitrogen and oxygen atoms in total. The molecule has 0 aliphatic carbocycles. The van der Waals surface area contributed by atoms with Gasteiger partial charge in [-0.15, -0.1) is 11.3 Å². The molecule has 1 aromatic heterocycles. The average Bonchev–Trinajstić information content (AvgIpc) is 3.31. The number of carbonyl (C=O) groups excluding carboxylic acids is 2. The Morgan fingerprint density at radius 2 is 1.65 bits per heavy atom. The first-order chi connectivity index (χ1) is 16.4. The van der Waals surface area contributed by atoms with Crippen molar-refractivity contribution in [2.45, 2.75) is 6.92 Å².